The van der Waals surface area contributed by atoms with Gasteiger partial charge in [0.1, 0.15) is 11.5 Å². The zero-order chi connectivity index (χ0) is 22.2. The van der Waals surface area contributed by atoms with Gasteiger partial charge < -0.3 is 31.2 Å². The fourth-order valence-corrected chi connectivity index (χ4v) is 6.79. The summed E-state index contributed by atoms with van der Waals surface area (Å²) in [6, 6.07) is 0.987. The average molecular weight is 524 g/mol. The van der Waals surface area contributed by atoms with Crippen LogP contribution in [0, 0.1) is 0 Å². The molecule has 2 heterocycles. The molecule has 0 saturated carbocycles. The molecule has 1 aliphatic heterocycles. The number of hydrogen-bond donors (Lipinski definition) is 7. The summed E-state index contributed by atoms with van der Waals surface area (Å²) in [5.41, 5.74) is -1.59. The second-order valence-electron chi connectivity index (χ2n) is 5.45. The predicted octanol–water partition coefficient (Wildman–Crippen LogP) is -4.67. The van der Waals surface area contributed by atoms with Crippen molar-refractivity contribution >= 4 is 35.2 Å². The Bertz CT molecular complexity index is 1020. The molecular weight excluding hydrogens is 508 g/mol. The van der Waals surface area contributed by atoms with Gasteiger partial charge >= 0.3 is 58.7 Å². The molecule has 21 heteroatoms. The summed E-state index contributed by atoms with van der Waals surface area (Å²) in [4.78, 5) is 60.2. The molecule has 1 saturated heterocycles. The van der Waals surface area contributed by atoms with E-state index < -0.39 is 64.2 Å². The van der Waals surface area contributed by atoms with Gasteiger partial charge in [0.05, 0.1) is 18.0 Å². The molecule has 1 fully saturated rings. The summed E-state index contributed by atoms with van der Waals surface area (Å²) in [7, 11) is -16.6. The number of aliphatic hydroxyl groups excluding tert-OH is 2. The summed E-state index contributed by atoms with van der Waals surface area (Å²) < 4.78 is 45.9. The molecule has 0 aromatic carbocycles. The molecule has 2 rings (SSSR count). The van der Waals surface area contributed by atoms with E-state index in [1.54, 1.807) is 0 Å². The molecule has 0 radical (unpaired) electrons. The molecule has 1 aliphatic rings. The van der Waals surface area contributed by atoms with E-state index >= 15 is 0 Å². The summed E-state index contributed by atoms with van der Waals surface area (Å²) >= 11 is 0.709. The number of rotatable bonds is 8. The maximum atomic E-state index is 11.8. The van der Waals surface area contributed by atoms with Crippen molar-refractivity contribution in [1.82, 2.24) is 9.55 Å². The minimum absolute atomic E-state index is 0. The third kappa shape index (κ3) is 8.05. The van der Waals surface area contributed by atoms with Crippen molar-refractivity contribution in [2.24, 2.45) is 0 Å². The summed E-state index contributed by atoms with van der Waals surface area (Å²) in [5, 5.41) is 17.8. The maximum Gasteiger partial charge on any atom is 1.00 e. The molecule has 7 N–H and O–H groups in total. The second-order valence-corrected chi connectivity index (χ2v) is 11.2. The van der Waals surface area contributed by atoms with E-state index in [4.69, 9.17) is 14.7 Å². The van der Waals surface area contributed by atoms with E-state index in [0.717, 1.165) is 16.8 Å². The Kier molecular flexibility index (Phi) is 9.96. The molecule has 6 atom stereocenters. The monoisotopic (exact) mass is 524 g/mol. The normalized spacial score (nSPS) is 28.3. The van der Waals surface area contributed by atoms with Crippen LogP contribution < -0.4 is 40.8 Å². The standard InChI is InChI=1S/C9H15N2O14P3S.Na.H/c12-5-1-2-11(9(15)10-5)8-7(14)6(13)4(29-8)3-23-27(19,20)25-28(21,22)24-26(16,17)18;;/h1-2,4,6-8,13-14H,3H2,(H,19,20)(H,21,22)(H,10,12,15)(H2,16,17,18);;/q;+1;-1/t4-,6-,7-,8-;;/m1../s1. The van der Waals surface area contributed by atoms with Crippen LogP contribution in [-0.2, 0) is 26.8 Å². The summed E-state index contributed by atoms with van der Waals surface area (Å²) in [6.07, 6.45) is -2.12. The van der Waals surface area contributed by atoms with Crippen LogP contribution >= 0.6 is 35.2 Å². The Morgan fingerprint density at radius 1 is 1.07 bits per heavy atom. The van der Waals surface area contributed by atoms with E-state index in [2.05, 4.69) is 13.1 Å². The molecule has 1 aromatic rings. The topological polar surface area (TPSA) is 255 Å². The fourth-order valence-electron chi connectivity index (χ4n) is 2.20. The van der Waals surface area contributed by atoms with Crippen LogP contribution in [-0.4, -0.2) is 63.4 Å². The third-order valence-corrected chi connectivity index (χ3v) is 8.63. The smallest absolute Gasteiger partial charge is 1.00 e. The Morgan fingerprint density at radius 3 is 2.20 bits per heavy atom. The first kappa shape index (κ1) is 28.4. The molecule has 1 aromatic heterocycles. The molecule has 0 aliphatic carbocycles. The number of H-pyrrole nitrogens is 1. The molecule has 30 heavy (non-hydrogen) atoms. The number of aromatic nitrogens is 2. The molecule has 168 valence electrons. The van der Waals surface area contributed by atoms with Crippen LogP contribution in [0.15, 0.2) is 21.9 Å². The van der Waals surface area contributed by atoms with Gasteiger partial charge in [-0.15, -0.1) is 11.8 Å². The zero-order valence-electron chi connectivity index (χ0n) is 15.8. The van der Waals surface area contributed by atoms with Crippen LogP contribution in [0.5, 0.6) is 0 Å². The number of phosphoric ester groups is 1. The van der Waals surface area contributed by atoms with E-state index in [1.165, 1.54) is 0 Å². The maximum absolute atomic E-state index is 11.8. The first-order valence-electron chi connectivity index (χ1n) is 7.22. The van der Waals surface area contributed by atoms with Crippen molar-refractivity contribution in [3.05, 3.63) is 33.1 Å². The second kappa shape index (κ2) is 10.5. The molecule has 2 unspecified atom stereocenters. The minimum Gasteiger partial charge on any atom is -1.00 e. The molecular formula is C9H16N2NaO14P3S. The third-order valence-electron chi connectivity index (χ3n) is 3.28. The summed E-state index contributed by atoms with van der Waals surface area (Å²) in [5.74, 6) is 0. The Balaban J connectivity index is 0.00000450. The number of thioether (sulfide) groups is 1. The van der Waals surface area contributed by atoms with Gasteiger partial charge in [-0.1, -0.05) is 0 Å². The van der Waals surface area contributed by atoms with Crippen LogP contribution in [0.1, 0.15) is 6.80 Å². The fraction of sp³-hybridized carbons (Fsp3) is 0.556. The van der Waals surface area contributed by atoms with E-state index in [-0.39, 0.29) is 31.0 Å². The first-order valence-corrected chi connectivity index (χ1v) is 12.7. The van der Waals surface area contributed by atoms with E-state index in [9.17, 15) is 38.4 Å². The van der Waals surface area contributed by atoms with Crippen molar-refractivity contribution in [1.29, 1.82) is 0 Å². The van der Waals surface area contributed by atoms with Crippen LogP contribution in [0.4, 0.5) is 0 Å². The van der Waals surface area contributed by atoms with Crippen molar-refractivity contribution in [2.45, 2.75) is 22.8 Å². The van der Waals surface area contributed by atoms with Gasteiger partial charge in [-0.3, -0.25) is 18.9 Å². The van der Waals surface area contributed by atoms with Gasteiger partial charge in [-0.2, -0.15) is 8.62 Å². The zero-order valence-corrected chi connectivity index (χ0v) is 20.3. The molecule has 0 amide bonds. The largest absolute Gasteiger partial charge is 1.00 e. The molecule has 0 spiro atoms. The van der Waals surface area contributed by atoms with Gasteiger partial charge in [0, 0.05) is 12.3 Å². The average Bonchev–Trinajstić information content (AvgIpc) is 2.78. The van der Waals surface area contributed by atoms with Gasteiger partial charge in [-0.25, -0.2) is 18.5 Å². The SMILES string of the molecule is O=c1ccn([C@@H]2S[C@H](COP(=O)(O)OP(=O)(O)OP(=O)(O)O)[C@@H](O)[C@H]2O)c(=O)[nH]1.[H-].[Na+]. The predicted molar refractivity (Wildman–Crippen MR) is 94.7 cm³/mol. The molecule has 0 bridgehead atoms. The van der Waals surface area contributed by atoms with Crippen LogP contribution in [0.3, 0.4) is 0 Å². The van der Waals surface area contributed by atoms with Crippen LogP contribution in [0.25, 0.3) is 0 Å². The van der Waals surface area contributed by atoms with Gasteiger partial charge in [0.15, 0.2) is 0 Å². The van der Waals surface area contributed by atoms with E-state index in [1.807, 2.05) is 4.98 Å². The molecule has 16 nitrogen and oxygen atoms in total. The van der Waals surface area contributed by atoms with Crippen molar-refractivity contribution in [3.63, 3.8) is 0 Å². The Morgan fingerprint density at radius 2 is 1.67 bits per heavy atom. The number of hydrogen-bond acceptors (Lipinski definition) is 11. The number of nitrogens with one attached hydrogen (secondary N) is 1. The van der Waals surface area contributed by atoms with Crippen molar-refractivity contribution in [2.75, 3.05) is 6.61 Å². The Hall–Kier alpha value is 0.360. The quantitative estimate of drug-likeness (QED) is 0.125. The van der Waals surface area contributed by atoms with Gasteiger partial charge in [-0.05, 0) is 0 Å². The number of aliphatic hydroxyl groups is 2. The number of phosphoric acid groups is 3. The van der Waals surface area contributed by atoms with Gasteiger partial charge in [0.25, 0.3) is 5.56 Å². The van der Waals surface area contributed by atoms with E-state index in [0.29, 0.717) is 11.8 Å². The number of nitrogens with zero attached hydrogens (tertiary/aromatic N) is 1. The van der Waals surface area contributed by atoms with Crippen molar-refractivity contribution < 1.29 is 87.6 Å². The Labute approximate surface area is 194 Å². The minimum atomic E-state index is -5.69. The van der Waals surface area contributed by atoms with Crippen LogP contribution in [0.2, 0.25) is 0 Å². The first-order chi connectivity index (χ1) is 13.1. The van der Waals surface area contributed by atoms with Crippen molar-refractivity contribution in [3.8, 4) is 0 Å². The van der Waals surface area contributed by atoms with Gasteiger partial charge in [0.2, 0.25) is 0 Å². The number of aromatic amines is 1. The summed E-state index contributed by atoms with van der Waals surface area (Å²) in [6.45, 7) is -0.860.